The Balaban J connectivity index is 1.69. The summed E-state index contributed by atoms with van der Waals surface area (Å²) in [6.45, 7) is -0.454. The van der Waals surface area contributed by atoms with Crippen LogP contribution in [0.1, 0.15) is 15.2 Å². The first-order chi connectivity index (χ1) is 14.1. The van der Waals surface area contributed by atoms with Gasteiger partial charge in [0.15, 0.2) is 6.61 Å². The summed E-state index contributed by atoms with van der Waals surface area (Å²) in [4.78, 5) is 24.0. The molecule has 0 fully saturated rings. The van der Waals surface area contributed by atoms with Crippen molar-refractivity contribution in [2.75, 3.05) is 11.9 Å². The molecule has 2 amide bonds. The minimum Gasteiger partial charge on any atom is -0.484 e. The van der Waals surface area contributed by atoms with Crippen LogP contribution in [0.2, 0.25) is 10.0 Å². The molecule has 0 spiro atoms. The maximum Gasteiger partial charge on any atom is 0.417 e. The first-order valence-corrected chi connectivity index (χ1v) is 9.69. The summed E-state index contributed by atoms with van der Waals surface area (Å²) in [5.41, 5.74) is 0.875. The van der Waals surface area contributed by atoms with Gasteiger partial charge in [-0.2, -0.15) is 13.2 Å². The number of amides is 2. The number of thiophene rings is 1. The second-order valence-electron chi connectivity index (χ2n) is 5.91. The van der Waals surface area contributed by atoms with Crippen LogP contribution in [0.25, 0.3) is 10.1 Å². The zero-order chi connectivity index (χ0) is 22.1. The molecular weight excluding hydrogens is 466 g/mol. The van der Waals surface area contributed by atoms with Gasteiger partial charge in [0.25, 0.3) is 11.8 Å². The van der Waals surface area contributed by atoms with E-state index in [1.54, 1.807) is 18.2 Å². The van der Waals surface area contributed by atoms with Gasteiger partial charge in [-0.25, -0.2) is 5.84 Å². The molecule has 6 nitrogen and oxygen atoms in total. The lowest BCUT2D eigenvalue weighted by atomic mass is 10.2. The van der Waals surface area contributed by atoms with Crippen molar-refractivity contribution < 1.29 is 27.5 Å². The molecule has 0 saturated carbocycles. The molecule has 0 radical (unpaired) electrons. The van der Waals surface area contributed by atoms with Crippen LogP contribution in [0.5, 0.6) is 5.75 Å². The Morgan fingerprint density at radius 3 is 2.53 bits per heavy atom. The number of nitrogens with two attached hydrogens (primary N) is 1. The van der Waals surface area contributed by atoms with Crippen molar-refractivity contribution in [3.63, 3.8) is 0 Å². The van der Waals surface area contributed by atoms with Crippen LogP contribution in [0, 0.1) is 0 Å². The Labute approximate surface area is 181 Å². The fraction of sp³-hybridized carbons (Fsp3) is 0.111. The second-order valence-corrected chi connectivity index (χ2v) is 7.74. The van der Waals surface area contributed by atoms with Gasteiger partial charge < -0.3 is 10.1 Å². The number of ether oxygens (including phenoxy) is 1. The first kappa shape index (κ1) is 22.2. The molecule has 0 aliphatic carbocycles. The van der Waals surface area contributed by atoms with Crippen molar-refractivity contribution in [3.8, 4) is 5.75 Å². The SMILES string of the molecule is NNC(=O)c1sc2cc(OCC(=O)Nc3ccc(Cl)c(C(F)(F)F)c3)ccc2c1Cl. The predicted octanol–water partition coefficient (Wildman–Crippen LogP) is 4.85. The summed E-state index contributed by atoms with van der Waals surface area (Å²) in [7, 11) is 0. The lowest BCUT2D eigenvalue weighted by Crippen LogP contribution is -2.29. The van der Waals surface area contributed by atoms with E-state index in [-0.39, 0.29) is 15.6 Å². The van der Waals surface area contributed by atoms with Crippen LogP contribution in [0.4, 0.5) is 18.9 Å². The van der Waals surface area contributed by atoms with E-state index in [1.165, 1.54) is 6.07 Å². The van der Waals surface area contributed by atoms with Crippen LogP contribution >= 0.6 is 34.5 Å². The highest BCUT2D eigenvalue weighted by Gasteiger charge is 2.33. The lowest BCUT2D eigenvalue weighted by Gasteiger charge is -2.12. The molecule has 0 atom stereocenters. The van der Waals surface area contributed by atoms with Crippen LogP contribution < -0.4 is 21.3 Å². The molecule has 1 heterocycles. The maximum absolute atomic E-state index is 12.9. The Kier molecular flexibility index (Phi) is 6.41. The molecule has 3 aromatic rings. The van der Waals surface area contributed by atoms with E-state index < -0.39 is 35.2 Å². The van der Waals surface area contributed by atoms with Crippen molar-refractivity contribution >= 4 is 62.1 Å². The van der Waals surface area contributed by atoms with Crippen molar-refractivity contribution in [2.45, 2.75) is 6.18 Å². The number of hydrazine groups is 1. The first-order valence-electron chi connectivity index (χ1n) is 8.12. The fourth-order valence-electron chi connectivity index (χ4n) is 2.51. The highest BCUT2D eigenvalue weighted by Crippen LogP contribution is 2.38. The highest BCUT2D eigenvalue weighted by atomic mass is 35.5. The standard InChI is InChI=1S/C18H12Cl2F3N3O3S/c19-12-4-1-8(5-11(12)18(21,22)23)25-14(27)7-29-9-2-3-10-13(6-9)30-16(15(10)20)17(28)26-24/h1-6H,7,24H2,(H,25,27)(H,26,28). The number of fused-ring (bicyclic) bond motifs is 1. The molecule has 1 aromatic heterocycles. The molecule has 0 unspecified atom stereocenters. The number of alkyl halides is 3. The van der Waals surface area contributed by atoms with E-state index in [1.807, 2.05) is 5.43 Å². The summed E-state index contributed by atoms with van der Waals surface area (Å²) >= 11 is 12.8. The van der Waals surface area contributed by atoms with Gasteiger partial charge in [0.1, 0.15) is 10.6 Å². The van der Waals surface area contributed by atoms with E-state index in [0.29, 0.717) is 15.8 Å². The third kappa shape index (κ3) is 4.78. The molecular formula is C18H12Cl2F3N3O3S. The number of benzene rings is 2. The summed E-state index contributed by atoms with van der Waals surface area (Å²) in [6, 6.07) is 7.77. The fourth-order valence-corrected chi connectivity index (χ4v) is 4.19. The molecule has 0 aliphatic heterocycles. The average molecular weight is 478 g/mol. The number of halogens is 5. The number of anilines is 1. The third-order valence-corrected chi connectivity index (χ3v) is 5.85. The van der Waals surface area contributed by atoms with Gasteiger partial charge in [-0.1, -0.05) is 23.2 Å². The smallest absolute Gasteiger partial charge is 0.417 e. The van der Waals surface area contributed by atoms with Crippen LogP contribution in [0.15, 0.2) is 36.4 Å². The molecule has 158 valence electrons. The van der Waals surface area contributed by atoms with Crippen LogP contribution in [-0.4, -0.2) is 18.4 Å². The molecule has 4 N–H and O–H groups in total. The Bertz CT molecular complexity index is 1140. The van der Waals surface area contributed by atoms with Gasteiger partial charge in [0, 0.05) is 15.8 Å². The predicted molar refractivity (Wildman–Crippen MR) is 109 cm³/mol. The Morgan fingerprint density at radius 2 is 1.87 bits per heavy atom. The summed E-state index contributed by atoms with van der Waals surface area (Å²) in [6.07, 6.45) is -4.65. The number of rotatable bonds is 5. The van der Waals surface area contributed by atoms with Gasteiger partial charge in [0.05, 0.1) is 15.6 Å². The topological polar surface area (TPSA) is 93.4 Å². The van der Waals surface area contributed by atoms with Crippen molar-refractivity contribution in [1.82, 2.24) is 5.43 Å². The number of carbonyl (C=O) groups excluding carboxylic acids is 2. The molecule has 3 rings (SSSR count). The Morgan fingerprint density at radius 1 is 1.13 bits per heavy atom. The van der Waals surface area contributed by atoms with E-state index >= 15 is 0 Å². The number of hydrogen-bond acceptors (Lipinski definition) is 5. The van der Waals surface area contributed by atoms with Gasteiger partial charge in [-0.3, -0.25) is 15.0 Å². The minimum atomic E-state index is -4.65. The van der Waals surface area contributed by atoms with Crippen LogP contribution in [-0.2, 0) is 11.0 Å². The van der Waals surface area contributed by atoms with Crippen molar-refractivity contribution in [3.05, 3.63) is 56.9 Å². The molecule has 0 saturated heterocycles. The molecule has 12 heteroatoms. The van der Waals surface area contributed by atoms with Crippen molar-refractivity contribution in [2.24, 2.45) is 5.84 Å². The zero-order valence-electron chi connectivity index (χ0n) is 14.8. The lowest BCUT2D eigenvalue weighted by molar-refractivity contribution is -0.137. The van der Waals surface area contributed by atoms with E-state index in [9.17, 15) is 22.8 Å². The van der Waals surface area contributed by atoms with Gasteiger partial charge in [-0.15, -0.1) is 11.3 Å². The molecule has 30 heavy (non-hydrogen) atoms. The zero-order valence-corrected chi connectivity index (χ0v) is 17.1. The van der Waals surface area contributed by atoms with Gasteiger partial charge >= 0.3 is 6.18 Å². The second kappa shape index (κ2) is 8.68. The highest BCUT2D eigenvalue weighted by molar-refractivity contribution is 7.21. The quantitative estimate of drug-likeness (QED) is 0.278. The molecule has 2 aromatic carbocycles. The monoisotopic (exact) mass is 477 g/mol. The maximum atomic E-state index is 12.9. The van der Waals surface area contributed by atoms with E-state index in [4.69, 9.17) is 33.8 Å². The summed E-state index contributed by atoms with van der Waals surface area (Å²) < 4.78 is 44.7. The average Bonchev–Trinajstić information content (AvgIpc) is 3.02. The number of nitrogens with one attached hydrogen (secondary N) is 2. The number of hydrogen-bond donors (Lipinski definition) is 3. The minimum absolute atomic E-state index is 0.0711. The summed E-state index contributed by atoms with van der Waals surface area (Å²) in [5.74, 6) is 4.22. The summed E-state index contributed by atoms with van der Waals surface area (Å²) in [5, 5.41) is 2.70. The van der Waals surface area contributed by atoms with Crippen molar-refractivity contribution in [1.29, 1.82) is 0 Å². The number of nitrogen functional groups attached to an aromatic ring is 1. The van der Waals surface area contributed by atoms with Gasteiger partial charge in [-0.05, 0) is 36.4 Å². The van der Waals surface area contributed by atoms with Gasteiger partial charge in [0.2, 0.25) is 0 Å². The van der Waals surface area contributed by atoms with E-state index in [2.05, 4.69) is 5.32 Å². The Hall–Kier alpha value is -2.53. The van der Waals surface area contributed by atoms with Crippen LogP contribution in [0.3, 0.4) is 0 Å². The molecule has 0 aliphatic rings. The third-order valence-electron chi connectivity index (χ3n) is 3.86. The number of carbonyl (C=O) groups is 2. The largest absolute Gasteiger partial charge is 0.484 e. The molecule has 0 bridgehead atoms. The normalized spacial score (nSPS) is 11.4. The van der Waals surface area contributed by atoms with E-state index in [0.717, 1.165) is 23.5 Å².